The molecular formula is C20H25ClN2. The fourth-order valence-corrected chi connectivity index (χ4v) is 3.78. The Morgan fingerprint density at radius 3 is 2.22 bits per heavy atom. The summed E-state index contributed by atoms with van der Waals surface area (Å²) in [4.78, 5) is 8.11. The van der Waals surface area contributed by atoms with E-state index in [2.05, 4.69) is 41.2 Å². The molecule has 0 unspecified atom stereocenters. The number of nitrogens with zero attached hydrogens (tertiary/aromatic N) is 2. The number of rotatable bonds is 5. The second-order valence-corrected chi connectivity index (χ2v) is 7.06. The van der Waals surface area contributed by atoms with Crippen LogP contribution in [0.5, 0.6) is 0 Å². The fourth-order valence-electron chi connectivity index (χ4n) is 3.69. The van der Waals surface area contributed by atoms with Gasteiger partial charge in [0.2, 0.25) is 5.28 Å². The standard InChI is InChI=1S/C20H25ClN2/c1-2-3-4-15-5-7-16(8-6-15)17-9-11-18(12-10-17)19-13-22-20(21)23-14-19/h9-16H,2-8H2,1H3/t15-,16-. The molecule has 1 aliphatic rings. The summed E-state index contributed by atoms with van der Waals surface area (Å²) in [5, 5.41) is 0.296. The van der Waals surface area contributed by atoms with Gasteiger partial charge in [0.05, 0.1) is 0 Å². The largest absolute Gasteiger partial charge is 0.226 e. The summed E-state index contributed by atoms with van der Waals surface area (Å²) in [7, 11) is 0. The lowest BCUT2D eigenvalue weighted by molar-refractivity contribution is 0.304. The highest BCUT2D eigenvalue weighted by atomic mass is 35.5. The molecule has 3 rings (SSSR count). The molecule has 1 aromatic carbocycles. The first-order valence-corrected chi connectivity index (χ1v) is 9.22. The van der Waals surface area contributed by atoms with E-state index < -0.39 is 0 Å². The first-order valence-electron chi connectivity index (χ1n) is 8.84. The van der Waals surface area contributed by atoms with Crippen LogP contribution in [0.25, 0.3) is 11.1 Å². The zero-order valence-electron chi connectivity index (χ0n) is 13.8. The Labute approximate surface area is 144 Å². The quantitative estimate of drug-likeness (QED) is 0.605. The summed E-state index contributed by atoms with van der Waals surface area (Å²) < 4.78 is 0. The van der Waals surface area contributed by atoms with Gasteiger partial charge in [-0.05, 0) is 60.2 Å². The van der Waals surface area contributed by atoms with E-state index >= 15 is 0 Å². The maximum atomic E-state index is 5.75. The van der Waals surface area contributed by atoms with Crippen LogP contribution in [-0.4, -0.2) is 9.97 Å². The number of hydrogen-bond acceptors (Lipinski definition) is 2. The molecule has 1 fully saturated rings. The lowest BCUT2D eigenvalue weighted by Crippen LogP contribution is -2.13. The van der Waals surface area contributed by atoms with Crippen molar-refractivity contribution in [2.75, 3.05) is 0 Å². The molecule has 1 saturated carbocycles. The predicted octanol–water partition coefficient (Wildman–Crippen LogP) is 6.26. The number of halogens is 1. The number of benzene rings is 1. The van der Waals surface area contributed by atoms with E-state index in [1.54, 1.807) is 12.4 Å². The molecular weight excluding hydrogens is 304 g/mol. The molecule has 1 aliphatic carbocycles. The normalized spacial score (nSPS) is 21.3. The molecule has 0 N–H and O–H groups in total. The molecule has 2 aromatic rings. The lowest BCUT2D eigenvalue weighted by atomic mass is 9.77. The van der Waals surface area contributed by atoms with Crippen LogP contribution in [0.4, 0.5) is 0 Å². The van der Waals surface area contributed by atoms with Gasteiger partial charge in [-0.1, -0.05) is 50.5 Å². The van der Waals surface area contributed by atoms with Crippen molar-refractivity contribution in [1.29, 1.82) is 0 Å². The van der Waals surface area contributed by atoms with Crippen LogP contribution in [0.1, 0.15) is 63.4 Å². The van der Waals surface area contributed by atoms with Crippen LogP contribution in [0, 0.1) is 5.92 Å². The Morgan fingerprint density at radius 1 is 0.957 bits per heavy atom. The topological polar surface area (TPSA) is 25.8 Å². The van der Waals surface area contributed by atoms with E-state index in [9.17, 15) is 0 Å². The predicted molar refractivity (Wildman–Crippen MR) is 96.7 cm³/mol. The Morgan fingerprint density at radius 2 is 1.61 bits per heavy atom. The molecule has 23 heavy (non-hydrogen) atoms. The summed E-state index contributed by atoms with van der Waals surface area (Å²) >= 11 is 5.75. The number of hydrogen-bond donors (Lipinski definition) is 0. The average Bonchev–Trinajstić information content (AvgIpc) is 2.61. The van der Waals surface area contributed by atoms with Crippen molar-refractivity contribution in [3.05, 3.63) is 47.5 Å². The van der Waals surface area contributed by atoms with Gasteiger partial charge in [-0.25, -0.2) is 9.97 Å². The van der Waals surface area contributed by atoms with Crippen LogP contribution in [0.2, 0.25) is 5.28 Å². The van der Waals surface area contributed by atoms with Crippen LogP contribution in [0.15, 0.2) is 36.7 Å². The van der Waals surface area contributed by atoms with Gasteiger partial charge in [0, 0.05) is 18.0 Å². The summed E-state index contributed by atoms with van der Waals surface area (Å²) in [5.41, 5.74) is 3.66. The Balaban J connectivity index is 1.61. The van der Waals surface area contributed by atoms with Crippen molar-refractivity contribution in [2.45, 2.75) is 57.8 Å². The maximum absolute atomic E-state index is 5.75. The molecule has 0 radical (unpaired) electrons. The highest BCUT2D eigenvalue weighted by Crippen LogP contribution is 2.38. The van der Waals surface area contributed by atoms with Crippen LogP contribution >= 0.6 is 11.6 Å². The molecule has 0 amide bonds. The first-order chi connectivity index (χ1) is 11.3. The minimum absolute atomic E-state index is 0.296. The summed E-state index contributed by atoms with van der Waals surface area (Å²) in [6.07, 6.45) is 13.2. The molecule has 122 valence electrons. The molecule has 1 heterocycles. The molecule has 0 aliphatic heterocycles. The van der Waals surface area contributed by atoms with Gasteiger partial charge >= 0.3 is 0 Å². The van der Waals surface area contributed by atoms with Gasteiger partial charge in [0.15, 0.2) is 0 Å². The van der Waals surface area contributed by atoms with E-state index in [0.29, 0.717) is 5.28 Å². The second kappa shape index (κ2) is 7.92. The third-order valence-electron chi connectivity index (χ3n) is 5.15. The zero-order chi connectivity index (χ0) is 16.1. The van der Waals surface area contributed by atoms with Crippen molar-refractivity contribution in [1.82, 2.24) is 9.97 Å². The van der Waals surface area contributed by atoms with Crippen molar-refractivity contribution >= 4 is 11.6 Å². The molecule has 2 nitrogen and oxygen atoms in total. The van der Waals surface area contributed by atoms with E-state index in [0.717, 1.165) is 23.0 Å². The average molecular weight is 329 g/mol. The van der Waals surface area contributed by atoms with E-state index in [1.807, 2.05) is 0 Å². The van der Waals surface area contributed by atoms with Gasteiger partial charge in [-0.3, -0.25) is 0 Å². The summed E-state index contributed by atoms with van der Waals surface area (Å²) in [5.74, 6) is 1.71. The summed E-state index contributed by atoms with van der Waals surface area (Å²) in [6, 6.07) is 8.93. The lowest BCUT2D eigenvalue weighted by Gasteiger charge is -2.29. The fraction of sp³-hybridized carbons (Fsp3) is 0.500. The van der Waals surface area contributed by atoms with Crippen molar-refractivity contribution in [3.8, 4) is 11.1 Å². The first kappa shape index (κ1) is 16.4. The summed E-state index contributed by atoms with van der Waals surface area (Å²) in [6.45, 7) is 2.29. The minimum atomic E-state index is 0.296. The number of unbranched alkanes of at least 4 members (excludes halogenated alkanes) is 1. The van der Waals surface area contributed by atoms with Crippen LogP contribution in [0.3, 0.4) is 0 Å². The molecule has 0 saturated heterocycles. The van der Waals surface area contributed by atoms with Crippen LogP contribution < -0.4 is 0 Å². The molecule has 0 bridgehead atoms. The third kappa shape index (κ3) is 4.32. The van der Waals surface area contributed by atoms with Crippen molar-refractivity contribution in [2.24, 2.45) is 5.92 Å². The highest BCUT2D eigenvalue weighted by molar-refractivity contribution is 6.28. The second-order valence-electron chi connectivity index (χ2n) is 6.72. The van der Waals surface area contributed by atoms with Gasteiger partial charge in [0.1, 0.15) is 0 Å². The Bertz CT molecular complexity index is 599. The van der Waals surface area contributed by atoms with Crippen molar-refractivity contribution < 1.29 is 0 Å². The third-order valence-corrected chi connectivity index (χ3v) is 5.34. The monoisotopic (exact) mass is 328 g/mol. The van der Waals surface area contributed by atoms with Crippen LogP contribution in [-0.2, 0) is 0 Å². The van der Waals surface area contributed by atoms with Gasteiger partial charge < -0.3 is 0 Å². The van der Waals surface area contributed by atoms with Gasteiger partial charge in [-0.15, -0.1) is 0 Å². The molecule has 0 atom stereocenters. The minimum Gasteiger partial charge on any atom is -0.226 e. The highest BCUT2D eigenvalue weighted by Gasteiger charge is 2.21. The molecule has 1 aromatic heterocycles. The Kier molecular flexibility index (Phi) is 5.66. The molecule has 3 heteroatoms. The number of aromatic nitrogens is 2. The van der Waals surface area contributed by atoms with E-state index in [-0.39, 0.29) is 0 Å². The van der Waals surface area contributed by atoms with E-state index in [1.165, 1.54) is 50.5 Å². The molecule has 0 spiro atoms. The van der Waals surface area contributed by atoms with Crippen molar-refractivity contribution in [3.63, 3.8) is 0 Å². The zero-order valence-corrected chi connectivity index (χ0v) is 14.6. The van der Waals surface area contributed by atoms with E-state index in [4.69, 9.17) is 11.6 Å². The SMILES string of the molecule is CCCC[C@H]1CC[C@H](c2ccc(-c3cnc(Cl)nc3)cc2)CC1. The maximum Gasteiger partial charge on any atom is 0.222 e. The van der Waals surface area contributed by atoms with Gasteiger partial charge in [-0.2, -0.15) is 0 Å². The smallest absolute Gasteiger partial charge is 0.222 e. The van der Waals surface area contributed by atoms with Gasteiger partial charge in [0.25, 0.3) is 0 Å². The Hall–Kier alpha value is -1.41.